The van der Waals surface area contributed by atoms with E-state index in [0.29, 0.717) is 30.5 Å². The van der Waals surface area contributed by atoms with E-state index in [1.807, 2.05) is 18.5 Å². The monoisotopic (exact) mass is 515 g/mol. The van der Waals surface area contributed by atoms with Gasteiger partial charge in [-0.3, -0.25) is 4.79 Å². The van der Waals surface area contributed by atoms with Crippen LogP contribution in [0.1, 0.15) is 63.0 Å². The maximum absolute atomic E-state index is 12.3. The number of halogens is 1. The molecular formula is C20H34IN7O. The zero-order chi connectivity index (χ0) is 19.5. The number of aliphatic imine (C=N–C) groups is 1. The third kappa shape index (κ3) is 5.82. The van der Waals surface area contributed by atoms with Crippen molar-refractivity contribution in [1.29, 1.82) is 0 Å². The number of guanidine groups is 1. The fourth-order valence-electron chi connectivity index (χ4n) is 4.16. The molecule has 1 aromatic heterocycles. The van der Waals surface area contributed by atoms with Crippen LogP contribution in [0.5, 0.6) is 0 Å². The Morgan fingerprint density at radius 1 is 1.03 bits per heavy atom. The predicted octanol–water partition coefficient (Wildman–Crippen LogP) is 2.12. The van der Waals surface area contributed by atoms with Gasteiger partial charge in [0.1, 0.15) is 12.4 Å². The van der Waals surface area contributed by atoms with Gasteiger partial charge in [0, 0.05) is 38.1 Å². The number of aryl methyl sites for hydroxylation is 1. The highest BCUT2D eigenvalue weighted by Gasteiger charge is 2.35. The molecule has 0 aromatic carbocycles. The van der Waals surface area contributed by atoms with Crippen molar-refractivity contribution in [2.24, 2.45) is 18.0 Å². The predicted molar refractivity (Wildman–Crippen MR) is 123 cm³/mol. The molecule has 2 N–H and O–H groups in total. The molecular weight excluding hydrogens is 481 g/mol. The molecule has 29 heavy (non-hydrogen) atoms. The lowest BCUT2D eigenvalue weighted by Crippen LogP contribution is -2.51. The van der Waals surface area contributed by atoms with Crippen LogP contribution in [0.15, 0.2) is 4.99 Å². The largest absolute Gasteiger partial charge is 0.354 e. The van der Waals surface area contributed by atoms with Crippen LogP contribution in [0.3, 0.4) is 0 Å². The van der Waals surface area contributed by atoms with Crippen LogP contribution in [0, 0.1) is 12.8 Å². The normalized spacial score (nSPS) is 21.2. The molecule has 1 aliphatic heterocycles. The minimum atomic E-state index is 0. The lowest BCUT2D eigenvalue weighted by Gasteiger charge is -2.33. The summed E-state index contributed by atoms with van der Waals surface area (Å²) < 4.78 is 1.98. The van der Waals surface area contributed by atoms with Gasteiger partial charge in [0.2, 0.25) is 5.91 Å². The molecule has 3 fully saturated rings. The fraction of sp³-hybridized carbons (Fsp3) is 0.800. The average molecular weight is 515 g/mol. The molecule has 0 spiro atoms. The van der Waals surface area contributed by atoms with Crippen molar-refractivity contribution in [3.63, 3.8) is 0 Å². The maximum atomic E-state index is 12.3. The van der Waals surface area contributed by atoms with Crippen LogP contribution in [-0.4, -0.2) is 56.7 Å². The molecule has 0 atom stereocenters. The van der Waals surface area contributed by atoms with Gasteiger partial charge < -0.3 is 20.1 Å². The Hall–Kier alpha value is -1.39. The summed E-state index contributed by atoms with van der Waals surface area (Å²) in [7, 11) is 1.98. The number of likely N-dealkylation sites (tertiary alicyclic amines) is 1. The van der Waals surface area contributed by atoms with E-state index in [2.05, 4.69) is 25.7 Å². The highest BCUT2D eigenvalue weighted by Crippen LogP contribution is 2.31. The average Bonchev–Trinajstić information content (AvgIpc) is 3.35. The second-order valence-electron chi connectivity index (χ2n) is 8.53. The number of carbonyl (C=O) groups excluding carboxylic acids is 1. The van der Waals surface area contributed by atoms with E-state index in [1.54, 1.807) is 0 Å². The first kappa shape index (κ1) is 22.3. The van der Waals surface area contributed by atoms with Crippen molar-refractivity contribution in [1.82, 2.24) is 30.3 Å². The summed E-state index contributed by atoms with van der Waals surface area (Å²) >= 11 is 0. The number of nitrogens with zero attached hydrogens (tertiary/aromatic N) is 5. The molecule has 0 unspecified atom stereocenters. The summed E-state index contributed by atoms with van der Waals surface area (Å²) in [6.45, 7) is 4.17. The van der Waals surface area contributed by atoms with Crippen molar-refractivity contribution in [2.45, 2.75) is 76.9 Å². The second-order valence-corrected chi connectivity index (χ2v) is 8.53. The summed E-state index contributed by atoms with van der Waals surface area (Å²) in [5.74, 6) is 3.33. The summed E-state index contributed by atoms with van der Waals surface area (Å²) in [6.07, 6.45) is 9.11. The number of amides is 1. The van der Waals surface area contributed by atoms with Crippen molar-refractivity contribution in [2.75, 3.05) is 13.1 Å². The Balaban J connectivity index is 0.00000240. The van der Waals surface area contributed by atoms with Crippen LogP contribution in [0.2, 0.25) is 0 Å². The lowest BCUT2D eigenvalue weighted by atomic mass is 10.0. The van der Waals surface area contributed by atoms with E-state index in [9.17, 15) is 4.79 Å². The third-order valence-corrected chi connectivity index (χ3v) is 6.33. The van der Waals surface area contributed by atoms with Crippen molar-refractivity contribution in [3.05, 3.63) is 11.6 Å². The van der Waals surface area contributed by atoms with Gasteiger partial charge in [-0.25, -0.2) is 4.99 Å². The first-order chi connectivity index (χ1) is 13.6. The Labute approximate surface area is 190 Å². The molecule has 162 valence electrons. The first-order valence-corrected chi connectivity index (χ1v) is 10.8. The number of nitrogens with one attached hydrogen (secondary N) is 2. The Morgan fingerprint density at radius 2 is 1.66 bits per heavy atom. The van der Waals surface area contributed by atoms with Crippen molar-refractivity contribution < 1.29 is 4.79 Å². The number of rotatable bonds is 5. The molecule has 4 rings (SSSR count). The maximum Gasteiger partial charge on any atom is 0.225 e. The van der Waals surface area contributed by atoms with E-state index in [4.69, 9.17) is 4.99 Å². The number of carbonyl (C=O) groups is 1. The van der Waals surface area contributed by atoms with Gasteiger partial charge >= 0.3 is 0 Å². The van der Waals surface area contributed by atoms with Crippen LogP contribution in [0.25, 0.3) is 0 Å². The lowest BCUT2D eigenvalue weighted by molar-refractivity contribution is -0.133. The van der Waals surface area contributed by atoms with E-state index in [1.165, 1.54) is 25.7 Å². The molecule has 9 heteroatoms. The van der Waals surface area contributed by atoms with E-state index in [-0.39, 0.29) is 24.0 Å². The number of aromatic nitrogens is 3. The molecule has 1 aromatic rings. The summed E-state index contributed by atoms with van der Waals surface area (Å²) in [6, 6.07) is 0.862. The Morgan fingerprint density at radius 3 is 2.21 bits per heavy atom. The minimum Gasteiger partial charge on any atom is -0.354 e. The molecule has 1 saturated heterocycles. The van der Waals surface area contributed by atoms with Gasteiger partial charge in [0.05, 0.1) is 0 Å². The molecule has 2 heterocycles. The molecule has 8 nitrogen and oxygen atoms in total. The highest BCUT2D eigenvalue weighted by molar-refractivity contribution is 14.0. The second kappa shape index (κ2) is 10.1. The summed E-state index contributed by atoms with van der Waals surface area (Å²) in [5.41, 5.74) is 0. The van der Waals surface area contributed by atoms with Gasteiger partial charge in [-0.2, -0.15) is 0 Å². The SMILES string of the molecule is Cc1nnc(CN=C(NC2CCCC2)NC2CCN(C(=O)C3CC3)CC2)n1C.I. The van der Waals surface area contributed by atoms with Crippen LogP contribution in [-0.2, 0) is 18.4 Å². The van der Waals surface area contributed by atoms with E-state index < -0.39 is 0 Å². The van der Waals surface area contributed by atoms with Gasteiger partial charge in [0.25, 0.3) is 0 Å². The fourth-order valence-corrected chi connectivity index (χ4v) is 4.16. The van der Waals surface area contributed by atoms with Crippen LogP contribution >= 0.6 is 24.0 Å². The van der Waals surface area contributed by atoms with Crippen molar-refractivity contribution >= 4 is 35.8 Å². The highest BCUT2D eigenvalue weighted by atomic mass is 127. The molecule has 0 radical (unpaired) electrons. The smallest absolute Gasteiger partial charge is 0.225 e. The zero-order valence-electron chi connectivity index (χ0n) is 17.6. The Bertz CT molecular complexity index is 716. The quantitative estimate of drug-likeness (QED) is 0.357. The standard InChI is InChI=1S/C20H33N7O.HI/c1-14-24-25-18(26(14)2)13-21-20(22-16-5-3-4-6-16)23-17-9-11-27(12-10-17)19(28)15-7-8-15;/h15-17H,3-13H2,1-2H3,(H2,21,22,23);1H. The van der Waals surface area contributed by atoms with Crippen LogP contribution in [0.4, 0.5) is 0 Å². The number of hydrogen-bond donors (Lipinski definition) is 2. The molecule has 1 amide bonds. The summed E-state index contributed by atoms with van der Waals surface area (Å²) in [5, 5.41) is 15.6. The number of piperidine rings is 1. The van der Waals surface area contributed by atoms with Gasteiger partial charge in [-0.1, -0.05) is 12.8 Å². The minimum absolute atomic E-state index is 0. The molecule has 2 saturated carbocycles. The summed E-state index contributed by atoms with van der Waals surface area (Å²) in [4.78, 5) is 19.1. The first-order valence-electron chi connectivity index (χ1n) is 10.8. The Kier molecular flexibility index (Phi) is 7.75. The zero-order valence-corrected chi connectivity index (χ0v) is 19.9. The van der Waals surface area contributed by atoms with Gasteiger partial charge in [0.15, 0.2) is 11.8 Å². The van der Waals surface area contributed by atoms with Gasteiger partial charge in [-0.15, -0.1) is 34.2 Å². The molecule has 3 aliphatic rings. The molecule has 0 bridgehead atoms. The third-order valence-electron chi connectivity index (χ3n) is 6.33. The number of hydrogen-bond acceptors (Lipinski definition) is 4. The molecule has 2 aliphatic carbocycles. The van der Waals surface area contributed by atoms with E-state index >= 15 is 0 Å². The van der Waals surface area contributed by atoms with Crippen molar-refractivity contribution in [3.8, 4) is 0 Å². The topological polar surface area (TPSA) is 87.4 Å². The van der Waals surface area contributed by atoms with E-state index in [0.717, 1.165) is 56.4 Å². The van der Waals surface area contributed by atoms with Crippen LogP contribution < -0.4 is 10.6 Å². The van der Waals surface area contributed by atoms with Gasteiger partial charge in [-0.05, 0) is 45.4 Å².